The van der Waals surface area contributed by atoms with Crippen LogP contribution in [0.1, 0.15) is 51.9 Å². The fraction of sp³-hybridized carbons (Fsp3) is 1.00. The smallest absolute Gasteiger partial charge is 0.00208 e. The summed E-state index contributed by atoms with van der Waals surface area (Å²) in [5.41, 5.74) is 0. The van der Waals surface area contributed by atoms with Crippen LogP contribution in [0.5, 0.6) is 0 Å². The van der Waals surface area contributed by atoms with Gasteiger partial charge in [-0.05, 0) is 81.2 Å². The molecule has 3 rings (SSSR count). The van der Waals surface area contributed by atoms with Crippen LogP contribution in [-0.4, -0.2) is 13.6 Å². The van der Waals surface area contributed by atoms with Crippen molar-refractivity contribution >= 4 is 0 Å². The minimum Gasteiger partial charge on any atom is -0.319 e. The second kappa shape index (κ2) is 4.91. The van der Waals surface area contributed by atoms with Crippen LogP contribution in [0.25, 0.3) is 0 Å². The fourth-order valence-electron chi connectivity index (χ4n) is 5.35. The van der Waals surface area contributed by atoms with Crippen molar-refractivity contribution < 1.29 is 0 Å². The highest BCUT2D eigenvalue weighted by Gasteiger charge is 2.45. The third-order valence-electron chi connectivity index (χ3n) is 6.12. The summed E-state index contributed by atoms with van der Waals surface area (Å²) in [5.74, 6) is 6.39. The van der Waals surface area contributed by atoms with Crippen molar-refractivity contribution in [3.8, 4) is 0 Å². The minimum absolute atomic E-state index is 0.987. The summed E-state index contributed by atoms with van der Waals surface area (Å²) in [5, 5.41) is 3.45. The Bertz CT molecular complexity index is 262. The van der Waals surface area contributed by atoms with Crippen LogP contribution in [0.15, 0.2) is 0 Å². The first-order valence-corrected chi connectivity index (χ1v) is 7.92. The summed E-state index contributed by atoms with van der Waals surface area (Å²) < 4.78 is 0. The van der Waals surface area contributed by atoms with Gasteiger partial charge in [0.25, 0.3) is 0 Å². The maximum absolute atomic E-state index is 3.45. The van der Waals surface area contributed by atoms with Crippen molar-refractivity contribution in [1.82, 2.24) is 5.32 Å². The maximum Gasteiger partial charge on any atom is -0.00208 e. The van der Waals surface area contributed by atoms with Gasteiger partial charge in [-0.25, -0.2) is 0 Å². The van der Waals surface area contributed by atoms with Crippen LogP contribution in [0.2, 0.25) is 0 Å². The fourth-order valence-corrected chi connectivity index (χ4v) is 5.35. The van der Waals surface area contributed by atoms with E-state index >= 15 is 0 Å². The van der Waals surface area contributed by atoms with Crippen molar-refractivity contribution in [2.24, 2.45) is 35.5 Å². The molecule has 0 aromatic heterocycles. The molecule has 98 valence electrons. The van der Waals surface area contributed by atoms with Crippen molar-refractivity contribution in [3.05, 3.63) is 0 Å². The van der Waals surface area contributed by atoms with Gasteiger partial charge in [0.1, 0.15) is 0 Å². The summed E-state index contributed by atoms with van der Waals surface area (Å²) in [6.45, 7) is 3.75. The average Bonchev–Trinajstić information content (AvgIpc) is 2.93. The Morgan fingerprint density at radius 1 is 0.941 bits per heavy atom. The van der Waals surface area contributed by atoms with Gasteiger partial charge in [0.05, 0.1) is 0 Å². The first kappa shape index (κ1) is 12.0. The summed E-state index contributed by atoms with van der Waals surface area (Å²) in [7, 11) is 2.13. The van der Waals surface area contributed by atoms with Gasteiger partial charge in [-0.15, -0.1) is 0 Å². The first-order valence-electron chi connectivity index (χ1n) is 7.92. The molecule has 0 amide bonds. The van der Waals surface area contributed by atoms with Gasteiger partial charge in [0.2, 0.25) is 0 Å². The van der Waals surface area contributed by atoms with E-state index in [1.54, 1.807) is 25.7 Å². The molecular weight excluding hydrogens is 206 g/mol. The molecule has 0 aromatic rings. The summed E-state index contributed by atoms with van der Waals surface area (Å²) in [4.78, 5) is 0. The van der Waals surface area contributed by atoms with Crippen LogP contribution >= 0.6 is 0 Å². The summed E-state index contributed by atoms with van der Waals surface area (Å²) >= 11 is 0. The number of nitrogens with one attached hydrogen (secondary N) is 1. The van der Waals surface area contributed by atoms with E-state index in [9.17, 15) is 0 Å². The molecule has 0 aromatic carbocycles. The second-order valence-electron chi connectivity index (χ2n) is 7.24. The molecular formula is C16H29N. The van der Waals surface area contributed by atoms with Gasteiger partial charge in [0.15, 0.2) is 0 Å². The molecule has 0 heterocycles. The minimum atomic E-state index is 0.987. The lowest BCUT2D eigenvalue weighted by Gasteiger charge is -2.41. The SMILES string of the molecule is CNCC1CCC(C)CC1C1CC2CCC1C2. The Morgan fingerprint density at radius 3 is 2.47 bits per heavy atom. The molecule has 3 aliphatic carbocycles. The number of rotatable bonds is 3. The highest BCUT2D eigenvalue weighted by Crippen LogP contribution is 2.55. The van der Waals surface area contributed by atoms with Gasteiger partial charge in [0, 0.05) is 0 Å². The Morgan fingerprint density at radius 2 is 1.82 bits per heavy atom. The molecule has 3 saturated carbocycles. The molecule has 6 atom stereocenters. The third-order valence-corrected chi connectivity index (χ3v) is 6.12. The van der Waals surface area contributed by atoms with Crippen LogP contribution in [0.3, 0.4) is 0 Å². The van der Waals surface area contributed by atoms with Crippen LogP contribution in [0.4, 0.5) is 0 Å². The largest absolute Gasteiger partial charge is 0.319 e. The quantitative estimate of drug-likeness (QED) is 0.786. The zero-order valence-electron chi connectivity index (χ0n) is 11.6. The molecule has 0 radical (unpaired) electrons. The summed E-state index contributed by atoms with van der Waals surface area (Å²) in [6.07, 6.45) is 10.8. The molecule has 1 nitrogen and oxygen atoms in total. The van der Waals surface area contributed by atoms with E-state index in [4.69, 9.17) is 0 Å². The van der Waals surface area contributed by atoms with E-state index in [0.29, 0.717) is 0 Å². The second-order valence-corrected chi connectivity index (χ2v) is 7.24. The Balaban J connectivity index is 1.69. The Hall–Kier alpha value is -0.0400. The number of hydrogen-bond donors (Lipinski definition) is 1. The zero-order chi connectivity index (χ0) is 11.8. The monoisotopic (exact) mass is 235 g/mol. The highest BCUT2D eigenvalue weighted by atomic mass is 14.8. The highest BCUT2D eigenvalue weighted by molar-refractivity contribution is 4.96. The zero-order valence-corrected chi connectivity index (χ0v) is 11.6. The lowest BCUT2D eigenvalue weighted by atomic mass is 9.65. The molecule has 0 aliphatic heterocycles. The van der Waals surface area contributed by atoms with Gasteiger partial charge in [-0.1, -0.05) is 19.8 Å². The predicted molar refractivity (Wildman–Crippen MR) is 72.9 cm³/mol. The molecule has 6 unspecified atom stereocenters. The molecule has 0 spiro atoms. The van der Waals surface area contributed by atoms with E-state index in [2.05, 4.69) is 19.3 Å². The van der Waals surface area contributed by atoms with Crippen molar-refractivity contribution in [2.45, 2.75) is 51.9 Å². The van der Waals surface area contributed by atoms with Crippen LogP contribution in [-0.2, 0) is 0 Å². The lowest BCUT2D eigenvalue weighted by Crippen LogP contribution is -2.37. The first-order chi connectivity index (χ1) is 8.28. The van der Waals surface area contributed by atoms with E-state index in [1.807, 2.05) is 0 Å². The van der Waals surface area contributed by atoms with E-state index < -0.39 is 0 Å². The number of hydrogen-bond acceptors (Lipinski definition) is 1. The maximum atomic E-state index is 3.45. The lowest BCUT2D eigenvalue weighted by molar-refractivity contribution is 0.0916. The Kier molecular flexibility index (Phi) is 3.47. The van der Waals surface area contributed by atoms with Gasteiger partial charge in [-0.3, -0.25) is 0 Å². The predicted octanol–water partition coefficient (Wildman–Crippen LogP) is 3.69. The molecule has 3 fully saturated rings. The Labute approximate surface area is 107 Å². The van der Waals surface area contributed by atoms with Gasteiger partial charge in [-0.2, -0.15) is 0 Å². The molecule has 3 aliphatic rings. The summed E-state index contributed by atoms with van der Waals surface area (Å²) in [6, 6.07) is 0. The van der Waals surface area contributed by atoms with Crippen molar-refractivity contribution in [1.29, 1.82) is 0 Å². The van der Waals surface area contributed by atoms with E-state index in [0.717, 1.165) is 35.5 Å². The molecule has 0 saturated heterocycles. The average molecular weight is 235 g/mol. The van der Waals surface area contributed by atoms with Crippen LogP contribution in [0, 0.1) is 35.5 Å². The molecule has 17 heavy (non-hydrogen) atoms. The molecule has 2 bridgehead atoms. The third kappa shape index (κ3) is 2.28. The number of fused-ring (bicyclic) bond motifs is 2. The van der Waals surface area contributed by atoms with Crippen molar-refractivity contribution in [2.75, 3.05) is 13.6 Å². The van der Waals surface area contributed by atoms with E-state index in [-0.39, 0.29) is 0 Å². The van der Waals surface area contributed by atoms with Crippen LogP contribution < -0.4 is 5.32 Å². The normalized spacial score (nSPS) is 49.8. The molecule has 1 heteroatoms. The topological polar surface area (TPSA) is 12.0 Å². The van der Waals surface area contributed by atoms with E-state index in [1.165, 1.54) is 25.8 Å². The van der Waals surface area contributed by atoms with Crippen molar-refractivity contribution in [3.63, 3.8) is 0 Å². The van der Waals surface area contributed by atoms with Gasteiger partial charge < -0.3 is 5.32 Å². The van der Waals surface area contributed by atoms with Gasteiger partial charge >= 0.3 is 0 Å². The molecule has 1 N–H and O–H groups in total. The standard InChI is InChI=1S/C16H29N/c1-11-3-5-14(10-17-2)15(7-11)16-9-12-4-6-13(16)8-12/h11-17H,3-10H2,1-2H3.